The monoisotopic (exact) mass is 295 g/mol. The van der Waals surface area contributed by atoms with Crippen LogP contribution < -0.4 is 5.73 Å². The van der Waals surface area contributed by atoms with E-state index in [1.165, 1.54) is 25.0 Å². The van der Waals surface area contributed by atoms with Crippen LogP contribution in [0.25, 0.3) is 0 Å². The molecule has 2 rings (SSSR count). The maximum Gasteiger partial charge on any atom is 0.129 e. The lowest BCUT2D eigenvalue weighted by Gasteiger charge is -2.38. The molecule has 0 saturated heterocycles. The van der Waals surface area contributed by atoms with Gasteiger partial charge in [0.2, 0.25) is 0 Å². The molecule has 1 nitrogen and oxygen atoms in total. The average molecular weight is 295 g/mol. The molecule has 1 unspecified atom stereocenters. The van der Waals surface area contributed by atoms with Crippen LogP contribution in [-0.2, 0) is 6.42 Å². The summed E-state index contributed by atoms with van der Waals surface area (Å²) >= 11 is 0. The second-order valence-electron chi connectivity index (χ2n) is 7.58. The molecular weight excluding hydrogens is 268 g/mol. The Bertz CT molecular complexity index is 471. The summed E-state index contributed by atoms with van der Waals surface area (Å²) in [5, 5.41) is 0. The third kappa shape index (κ3) is 4.26. The minimum absolute atomic E-state index is 0.0362. The van der Waals surface area contributed by atoms with Crippen molar-refractivity contribution in [1.29, 1.82) is 0 Å². The fourth-order valence-electron chi connectivity index (χ4n) is 3.52. The lowest BCUT2D eigenvalue weighted by atomic mass is 9.68. The van der Waals surface area contributed by atoms with Crippen molar-refractivity contribution in [3.63, 3.8) is 0 Å². The first-order valence-corrected chi connectivity index (χ1v) is 7.97. The highest BCUT2D eigenvalue weighted by Gasteiger charge is 2.31. The van der Waals surface area contributed by atoms with Gasteiger partial charge in [-0.05, 0) is 61.0 Å². The molecule has 0 bridgehead atoms. The van der Waals surface area contributed by atoms with Gasteiger partial charge in [-0.3, -0.25) is 0 Å². The molecule has 0 radical (unpaired) electrons. The van der Waals surface area contributed by atoms with Gasteiger partial charge in [0.1, 0.15) is 11.6 Å². The topological polar surface area (TPSA) is 26.0 Å². The van der Waals surface area contributed by atoms with Gasteiger partial charge >= 0.3 is 0 Å². The number of halogens is 2. The summed E-state index contributed by atoms with van der Waals surface area (Å²) in [7, 11) is 0. The van der Waals surface area contributed by atoms with Crippen LogP contribution in [0.5, 0.6) is 0 Å². The Hall–Kier alpha value is -0.960. The van der Waals surface area contributed by atoms with Gasteiger partial charge < -0.3 is 5.73 Å². The van der Waals surface area contributed by atoms with Gasteiger partial charge in [-0.2, -0.15) is 0 Å². The maximum absolute atomic E-state index is 13.7. The molecule has 0 heterocycles. The van der Waals surface area contributed by atoms with Crippen molar-refractivity contribution in [3.05, 3.63) is 35.4 Å². The normalized spacial score (nSPS) is 24.9. The average Bonchev–Trinajstić information content (AvgIpc) is 2.41. The smallest absolute Gasteiger partial charge is 0.129 e. The molecule has 1 aromatic rings. The molecule has 1 aliphatic rings. The molecule has 2 N–H and O–H groups in total. The van der Waals surface area contributed by atoms with Crippen LogP contribution in [0.4, 0.5) is 8.78 Å². The van der Waals surface area contributed by atoms with E-state index in [1.807, 2.05) is 0 Å². The van der Waals surface area contributed by atoms with Crippen molar-refractivity contribution < 1.29 is 8.78 Å². The Labute approximate surface area is 126 Å². The quantitative estimate of drug-likeness (QED) is 0.860. The molecule has 1 aliphatic carbocycles. The molecule has 0 amide bonds. The van der Waals surface area contributed by atoms with Gasteiger partial charge in [0, 0.05) is 12.1 Å². The van der Waals surface area contributed by atoms with E-state index in [9.17, 15) is 8.78 Å². The van der Waals surface area contributed by atoms with Crippen LogP contribution in [0.15, 0.2) is 18.2 Å². The van der Waals surface area contributed by atoms with Crippen molar-refractivity contribution in [3.8, 4) is 0 Å². The van der Waals surface area contributed by atoms with Gasteiger partial charge in [0.25, 0.3) is 0 Å². The highest BCUT2D eigenvalue weighted by Crippen LogP contribution is 2.40. The molecule has 21 heavy (non-hydrogen) atoms. The summed E-state index contributed by atoms with van der Waals surface area (Å²) in [6, 6.07) is 3.73. The molecule has 3 heteroatoms. The molecule has 1 atom stereocenters. The van der Waals surface area contributed by atoms with Crippen LogP contribution in [0, 0.1) is 28.9 Å². The van der Waals surface area contributed by atoms with E-state index in [0.717, 1.165) is 24.8 Å². The number of hydrogen-bond donors (Lipinski definition) is 1. The zero-order valence-electron chi connectivity index (χ0n) is 13.3. The highest BCUT2D eigenvalue weighted by atomic mass is 19.1. The summed E-state index contributed by atoms with van der Waals surface area (Å²) in [5.41, 5.74) is 7.17. The van der Waals surface area contributed by atoms with Crippen molar-refractivity contribution in [2.24, 2.45) is 23.0 Å². The van der Waals surface area contributed by atoms with E-state index in [0.29, 0.717) is 23.3 Å². The highest BCUT2D eigenvalue weighted by molar-refractivity contribution is 5.19. The molecule has 118 valence electrons. The van der Waals surface area contributed by atoms with Gasteiger partial charge in [0.05, 0.1) is 0 Å². The molecule has 1 aromatic carbocycles. The number of nitrogens with two attached hydrogens (primary N) is 1. The van der Waals surface area contributed by atoms with Gasteiger partial charge in [-0.1, -0.05) is 26.8 Å². The zero-order valence-corrected chi connectivity index (χ0v) is 13.3. The Morgan fingerprint density at radius 1 is 1.14 bits per heavy atom. The van der Waals surface area contributed by atoms with Crippen molar-refractivity contribution >= 4 is 0 Å². The Morgan fingerprint density at radius 2 is 1.76 bits per heavy atom. The summed E-state index contributed by atoms with van der Waals surface area (Å²) in [4.78, 5) is 0. The van der Waals surface area contributed by atoms with E-state index in [2.05, 4.69) is 20.8 Å². The summed E-state index contributed by atoms with van der Waals surface area (Å²) in [6.07, 6.45) is 5.14. The van der Waals surface area contributed by atoms with E-state index in [4.69, 9.17) is 5.73 Å². The van der Waals surface area contributed by atoms with Crippen LogP contribution >= 0.6 is 0 Å². The van der Waals surface area contributed by atoms with Crippen LogP contribution in [0.3, 0.4) is 0 Å². The standard InChI is InChI=1S/C18H27F2N/c1-18(2,3)14-7-4-12(5-8-14)17(21)10-13-6-9-15(19)11-16(13)20/h6,9,11-12,14,17H,4-5,7-8,10,21H2,1-3H3. The Morgan fingerprint density at radius 3 is 2.29 bits per heavy atom. The fourth-order valence-corrected chi connectivity index (χ4v) is 3.52. The first-order valence-electron chi connectivity index (χ1n) is 7.97. The predicted molar refractivity (Wildman–Crippen MR) is 82.9 cm³/mol. The predicted octanol–water partition coefficient (Wildman–Crippen LogP) is 4.69. The van der Waals surface area contributed by atoms with Crippen LogP contribution in [0.2, 0.25) is 0 Å². The number of hydrogen-bond acceptors (Lipinski definition) is 1. The molecule has 1 fully saturated rings. The lowest BCUT2D eigenvalue weighted by molar-refractivity contribution is 0.139. The molecule has 1 saturated carbocycles. The first kappa shape index (κ1) is 16.4. The van der Waals surface area contributed by atoms with Crippen molar-refractivity contribution in [2.75, 3.05) is 0 Å². The Balaban J connectivity index is 1.92. The van der Waals surface area contributed by atoms with Crippen molar-refractivity contribution in [1.82, 2.24) is 0 Å². The zero-order chi connectivity index (χ0) is 15.6. The second kappa shape index (κ2) is 6.43. The van der Waals surface area contributed by atoms with E-state index >= 15 is 0 Å². The maximum atomic E-state index is 13.7. The van der Waals surface area contributed by atoms with Gasteiger partial charge in [-0.15, -0.1) is 0 Å². The molecule has 0 aromatic heterocycles. The summed E-state index contributed by atoms with van der Waals surface area (Å²) in [6.45, 7) is 6.89. The fraction of sp³-hybridized carbons (Fsp3) is 0.667. The van der Waals surface area contributed by atoms with E-state index in [1.54, 1.807) is 0 Å². The summed E-state index contributed by atoms with van der Waals surface area (Å²) < 4.78 is 26.6. The SMILES string of the molecule is CC(C)(C)C1CCC(C(N)Cc2ccc(F)cc2F)CC1. The Kier molecular flexibility index (Phi) is 5.03. The first-order chi connectivity index (χ1) is 9.77. The second-order valence-corrected chi connectivity index (χ2v) is 7.58. The molecule has 0 spiro atoms. The van der Waals surface area contributed by atoms with E-state index < -0.39 is 11.6 Å². The number of benzene rings is 1. The van der Waals surface area contributed by atoms with Gasteiger partial charge in [0.15, 0.2) is 0 Å². The van der Waals surface area contributed by atoms with Crippen molar-refractivity contribution in [2.45, 2.75) is 58.9 Å². The third-order valence-electron chi connectivity index (χ3n) is 5.07. The van der Waals surface area contributed by atoms with Crippen LogP contribution in [-0.4, -0.2) is 6.04 Å². The minimum Gasteiger partial charge on any atom is -0.327 e. The summed E-state index contributed by atoms with van der Waals surface area (Å²) in [5.74, 6) is 0.195. The van der Waals surface area contributed by atoms with E-state index in [-0.39, 0.29) is 6.04 Å². The number of rotatable bonds is 3. The third-order valence-corrected chi connectivity index (χ3v) is 5.07. The molecular formula is C18H27F2N. The minimum atomic E-state index is -0.532. The molecule has 0 aliphatic heterocycles. The lowest BCUT2D eigenvalue weighted by Crippen LogP contribution is -2.37. The van der Waals surface area contributed by atoms with Gasteiger partial charge in [-0.25, -0.2) is 8.78 Å². The van der Waals surface area contributed by atoms with Crippen LogP contribution in [0.1, 0.15) is 52.0 Å². The largest absolute Gasteiger partial charge is 0.327 e.